The van der Waals surface area contributed by atoms with Crippen LogP contribution in [-0.4, -0.2) is 21.7 Å². The van der Waals surface area contributed by atoms with Crippen LogP contribution in [0.15, 0.2) is 186 Å². The van der Waals surface area contributed by atoms with Crippen molar-refractivity contribution >= 4 is 70.9 Å². The predicted molar refractivity (Wildman–Crippen MR) is 256 cm³/mol. The third kappa shape index (κ3) is 8.60. The Balaban J connectivity index is 0.00000504. The van der Waals surface area contributed by atoms with E-state index in [-0.39, 0.29) is 13.4 Å². The number of hydrogen-bond acceptors (Lipinski definition) is 6. The quantitative estimate of drug-likeness (QED) is 0.0531. The second kappa shape index (κ2) is 18.5. The minimum atomic E-state index is -0.312. The van der Waals surface area contributed by atoms with E-state index in [1.807, 2.05) is 30.3 Å². The van der Waals surface area contributed by atoms with Gasteiger partial charge < -0.3 is 13.9 Å². The highest BCUT2D eigenvalue weighted by Gasteiger charge is 2.25. The summed E-state index contributed by atoms with van der Waals surface area (Å²) in [5.41, 5.74) is 9.69. The van der Waals surface area contributed by atoms with Gasteiger partial charge in [-0.25, -0.2) is 4.79 Å². The number of pyridine rings is 2. The SMILES string of the molecule is C.C[n+]1c(-c2ccc3ccccc3[n+]2CCCCOC(=O)c2ccc(Cn3/c(=N/N=c4/sc5ccccc5n4Cc4ccccc4)sc4ccccc43)cc2)ccc2ccccc21. The van der Waals surface area contributed by atoms with Crippen LogP contribution in [0, 0.1) is 0 Å². The molecule has 63 heavy (non-hydrogen) atoms. The molecule has 8 nitrogen and oxygen atoms in total. The molecule has 10 rings (SSSR count). The van der Waals surface area contributed by atoms with Crippen LogP contribution in [0.1, 0.15) is 41.8 Å². The summed E-state index contributed by atoms with van der Waals surface area (Å²) in [5.74, 6) is -0.312. The summed E-state index contributed by atoms with van der Waals surface area (Å²) in [6, 6.07) is 60.7. The summed E-state index contributed by atoms with van der Waals surface area (Å²) in [4.78, 5) is 14.9. The number of thiazole rings is 2. The molecular weight excluding hydrogens is 817 g/mol. The predicted octanol–water partition coefficient (Wildman–Crippen LogP) is 10.6. The Hall–Kier alpha value is -7.01. The number of carbonyl (C=O) groups excluding carboxylic acids is 1. The van der Waals surface area contributed by atoms with Crippen LogP contribution >= 0.6 is 22.7 Å². The average Bonchev–Trinajstić information content (AvgIpc) is 3.85. The van der Waals surface area contributed by atoms with E-state index < -0.39 is 0 Å². The molecule has 0 aliphatic rings. The van der Waals surface area contributed by atoms with Gasteiger partial charge in [-0.3, -0.25) is 0 Å². The van der Waals surface area contributed by atoms with E-state index >= 15 is 0 Å². The van der Waals surface area contributed by atoms with Gasteiger partial charge in [0.1, 0.15) is 13.6 Å². The molecule has 0 saturated heterocycles. The second-order valence-electron chi connectivity index (χ2n) is 15.4. The number of aromatic nitrogens is 4. The van der Waals surface area contributed by atoms with Crippen LogP contribution < -0.4 is 18.7 Å². The molecule has 4 aromatic heterocycles. The van der Waals surface area contributed by atoms with Gasteiger partial charge in [-0.15, -0.1) is 10.2 Å². The molecule has 0 spiro atoms. The van der Waals surface area contributed by atoms with Crippen molar-refractivity contribution in [3.63, 3.8) is 0 Å². The maximum absolute atomic E-state index is 13.3. The largest absolute Gasteiger partial charge is 0.462 e. The molecule has 0 atom stereocenters. The summed E-state index contributed by atoms with van der Waals surface area (Å²) in [6.07, 6.45) is 1.60. The minimum Gasteiger partial charge on any atom is -0.462 e. The van der Waals surface area contributed by atoms with E-state index in [1.54, 1.807) is 22.7 Å². The second-order valence-corrected chi connectivity index (χ2v) is 17.4. The number of ether oxygens (including phenoxy) is 1. The smallest absolute Gasteiger partial charge is 0.338 e. The highest BCUT2D eigenvalue weighted by atomic mass is 32.1. The van der Waals surface area contributed by atoms with E-state index in [9.17, 15) is 4.79 Å². The molecule has 0 radical (unpaired) electrons. The maximum atomic E-state index is 13.3. The lowest BCUT2D eigenvalue weighted by Gasteiger charge is -2.09. The number of aryl methyl sites for hydroxylation is 2. The first kappa shape index (κ1) is 41.3. The number of unbranched alkanes of at least 4 members (excludes halogenated alkanes) is 1. The summed E-state index contributed by atoms with van der Waals surface area (Å²) in [5, 5.41) is 12.2. The monoisotopic (exact) mass is 864 g/mol. The molecule has 0 amide bonds. The van der Waals surface area contributed by atoms with Crippen LogP contribution in [0.2, 0.25) is 0 Å². The molecule has 0 fully saturated rings. The Morgan fingerprint density at radius 2 is 1.08 bits per heavy atom. The summed E-state index contributed by atoms with van der Waals surface area (Å²) >= 11 is 3.26. The van der Waals surface area contributed by atoms with Gasteiger partial charge in [-0.05, 0) is 78.2 Å². The molecule has 0 unspecified atom stereocenters. The highest BCUT2D eigenvalue weighted by molar-refractivity contribution is 7.16. The lowest BCUT2D eigenvalue weighted by molar-refractivity contribution is -0.680. The number of hydrogen-bond donors (Lipinski definition) is 0. The van der Waals surface area contributed by atoms with Crippen molar-refractivity contribution < 1.29 is 18.7 Å². The van der Waals surface area contributed by atoms with Gasteiger partial charge in [0.05, 0.1) is 45.7 Å². The summed E-state index contributed by atoms with van der Waals surface area (Å²) < 4.78 is 17.2. The first-order valence-corrected chi connectivity index (χ1v) is 22.5. The van der Waals surface area contributed by atoms with Crippen LogP contribution in [0.5, 0.6) is 0 Å². The first-order valence-electron chi connectivity index (χ1n) is 20.9. The van der Waals surface area contributed by atoms with Gasteiger partial charge in [0, 0.05) is 41.5 Å². The zero-order valence-electron chi connectivity index (χ0n) is 34.3. The van der Waals surface area contributed by atoms with Crippen molar-refractivity contribution in [1.82, 2.24) is 9.13 Å². The Labute approximate surface area is 374 Å². The van der Waals surface area contributed by atoms with Gasteiger partial charge >= 0.3 is 5.97 Å². The zero-order valence-corrected chi connectivity index (χ0v) is 35.9. The molecule has 0 bridgehead atoms. The van der Waals surface area contributed by atoms with E-state index in [0.717, 1.165) is 61.7 Å². The number of fused-ring (bicyclic) bond motifs is 4. The van der Waals surface area contributed by atoms with Crippen molar-refractivity contribution in [2.45, 2.75) is 39.9 Å². The molecule has 10 heteroatoms. The maximum Gasteiger partial charge on any atom is 0.338 e. The standard InChI is InChI=1S/C52H44N6O2S2.CH4/c1-55-42-19-7-5-17-39(42)29-31-44(55)45-32-30-40-18-6-8-20-43(40)56(45)33-13-14-34-60-50(59)41-27-25-38(26-28-41)36-58-47-22-10-12-24-49(47)62-52(58)54-53-51-57(35-37-15-3-2-4-16-37)46-21-9-11-23-48(46)61-51;/h2-12,15-32H,13-14,33-36H2,1H3;1H4/q+2;/b53-51+,54-52-;. The van der Waals surface area contributed by atoms with Crippen molar-refractivity contribution in [2.24, 2.45) is 17.3 Å². The van der Waals surface area contributed by atoms with Crippen molar-refractivity contribution in [1.29, 1.82) is 0 Å². The molecule has 4 heterocycles. The molecule has 0 aliphatic heterocycles. The fourth-order valence-corrected chi connectivity index (χ4v) is 10.2. The van der Waals surface area contributed by atoms with Gasteiger partial charge in [-0.1, -0.05) is 121 Å². The Morgan fingerprint density at radius 3 is 1.73 bits per heavy atom. The van der Waals surface area contributed by atoms with E-state index in [2.05, 4.69) is 171 Å². The van der Waals surface area contributed by atoms with Crippen molar-refractivity contribution in [3.8, 4) is 11.4 Å². The number of benzene rings is 6. The number of carbonyl (C=O) groups is 1. The Morgan fingerprint density at radius 1 is 0.556 bits per heavy atom. The van der Waals surface area contributed by atoms with E-state index in [1.165, 1.54) is 32.1 Å². The molecule has 312 valence electrons. The van der Waals surface area contributed by atoms with Crippen LogP contribution in [0.25, 0.3) is 53.6 Å². The van der Waals surface area contributed by atoms with Crippen LogP contribution in [0.4, 0.5) is 0 Å². The number of rotatable bonds is 12. The van der Waals surface area contributed by atoms with Crippen LogP contribution in [0.3, 0.4) is 0 Å². The summed E-state index contributed by atoms with van der Waals surface area (Å²) in [6.45, 7) is 2.43. The molecule has 10 aromatic rings. The molecule has 6 aromatic carbocycles. The average molecular weight is 865 g/mol. The lowest BCUT2D eigenvalue weighted by atomic mass is 10.1. The topological polar surface area (TPSA) is 68.6 Å². The Kier molecular flexibility index (Phi) is 12.2. The third-order valence-electron chi connectivity index (χ3n) is 11.4. The number of esters is 1. The molecule has 0 saturated carbocycles. The number of nitrogens with zero attached hydrogens (tertiary/aromatic N) is 6. The first-order chi connectivity index (χ1) is 30.6. The van der Waals surface area contributed by atoms with Gasteiger partial charge in [0.15, 0.2) is 0 Å². The lowest BCUT2D eigenvalue weighted by Crippen LogP contribution is -2.42. The van der Waals surface area contributed by atoms with Gasteiger partial charge in [-0.2, -0.15) is 9.13 Å². The molecule has 0 N–H and O–H groups in total. The summed E-state index contributed by atoms with van der Waals surface area (Å²) in [7, 11) is 2.13. The fraction of sp³-hybridized carbons (Fsp3) is 0.151. The van der Waals surface area contributed by atoms with Crippen molar-refractivity contribution in [2.75, 3.05) is 6.61 Å². The Bertz CT molecular complexity index is 3380. The van der Waals surface area contributed by atoms with Crippen LogP contribution in [-0.2, 0) is 31.4 Å². The van der Waals surface area contributed by atoms with E-state index in [4.69, 9.17) is 14.9 Å². The minimum absolute atomic E-state index is 0. The van der Waals surface area contributed by atoms with Gasteiger partial charge in [0.2, 0.25) is 20.6 Å². The van der Waals surface area contributed by atoms with Gasteiger partial charge in [0.25, 0.3) is 11.4 Å². The highest BCUT2D eigenvalue weighted by Crippen LogP contribution is 2.22. The molecule has 0 aliphatic carbocycles. The van der Waals surface area contributed by atoms with E-state index in [0.29, 0.717) is 25.3 Å². The van der Waals surface area contributed by atoms with Crippen molar-refractivity contribution in [3.05, 3.63) is 202 Å². The molecular formula is C53H48N6O2S2+2. The third-order valence-corrected chi connectivity index (χ3v) is 13.5. The zero-order chi connectivity index (χ0) is 41.8. The normalized spacial score (nSPS) is 12.1. The number of para-hydroxylation sites is 4. The fourth-order valence-electron chi connectivity index (χ4n) is 8.23.